The highest BCUT2D eigenvalue weighted by Gasteiger charge is 2.22. The molecule has 0 spiro atoms. The Morgan fingerprint density at radius 3 is 2.61 bits per heavy atom. The van der Waals surface area contributed by atoms with Gasteiger partial charge in [0.1, 0.15) is 0 Å². The average molecular weight is 263 g/mol. The lowest BCUT2D eigenvalue weighted by Crippen LogP contribution is -2.41. The largest absolute Gasteiger partial charge is 0.353 e. The number of benzene rings is 1. The van der Waals surface area contributed by atoms with Gasteiger partial charge in [-0.05, 0) is 36.5 Å². The topological polar surface area (TPSA) is 29.1 Å². The van der Waals surface area contributed by atoms with E-state index in [9.17, 15) is 4.79 Å². The molecule has 1 fully saturated rings. The molecule has 0 aliphatic heterocycles. The summed E-state index contributed by atoms with van der Waals surface area (Å²) in [4.78, 5) is 12.9. The predicted octanol–water partition coefficient (Wildman–Crippen LogP) is 3.21. The quantitative estimate of drug-likeness (QED) is 0.806. The van der Waals surface area contributed by atoms with E-state index in [1.165, 1.54) is 19.3 Å². The number of amides is 1. The highest BCUT2D eigenvalue weighted by atomic mass is 32.1. The Morgan fingerprint density at radius 2 is 1.94 bits per heavy atom. The number of hydrogen-bond donors (Lipinski definition) is 2. The summed E-state index contributed by atoms with van der Waals surface area (Å²) in [5.74, 6) is 0.753. The molecule has 1 aromatic carbocycles. The summed E-state index contributed by atoms with van der Waals surface area (Å²) in [5, 5.41) is 3.17. The first-order chi connectivity index (χ1) is 8.65. The molecule has 1 aliphatic rings. The Balaban J connectivity index is 1.86. The van der Waals surface area contributed by atoms with Crippen molar-refractivity contribution in [2.45, 2.75) is 50.0 Å². The number of rotatable bonds is 3. The fourth-order valence-electron chi connectivity index (χ4n) is 2.59. The minimum atomic E-state index is 0.140. The smallest absolute Gasteiger partial charge is 0.224 e. The second-order valence-electron chi connectivity index (χ2n) is 5.28. The summed E-state index contributed by atoms with van der Waals surface area (Å²) in [6, 6.07) is 8.15. The fraction of sp³-hybridized carbons (Fsp3) is 0.533. The second kappa shape index (κ2) is 6.28. The number of nitrogens with one attached hydrogen (secondary N) is 1. The Kier molecular flexibility index (Phi) is 4.70. The van der Waals surface area contributed by atoms with Crippen LogP contribution in [0.4, 0.5) is 0 Å². The van der Waals surface area contributed by atoms with Crippen LogP contribution in [-0.2, 0) is 11.2 Å². The van der Waals surface area contributed by atoms with E-state index >= 15 is 0 Å². The number of carbonyl (C=O) groups is 1. The van der Waals surface area contributed by atoms with Gasteiger partial charge in [0.25, 0.3) is 0 Å². The zero-order chi connectivity index (χ0) is 13.0. The van der Waals surface area contributed by atoms with E-state index < -0.39 is 0 Å². The lowest BCUT2D eigenvalue weighted by atomic mass is 9.86. The van der Waals surface area contributed by atoms with Gasteiger partial charge in [-0.2, -0.15) is 0 Å². The highest BCUT2D eigenvalue weighted by Crippen LogP contribution is 2.23. The molecule has 1 N–H and O–H groups in total. The molecule has 18 heavy (non-hydrogen) atoms. The van der Waals surface area contributed by atoms with Crippen LogP contribution in [0.5, 0.6) is 0 Å². The lowest BCUT2D eigenvalue weighted by Gasteiger charge is -2.29. The van der Waals surface area contributed by atoms with Gasteiger partial charge in [0.2, 0.25) is 5.91 Å². The molecule has 2 rings (SSSR count). The summed E-state index contributed by atoms with van der Waals surface area (Å²) in [6.07, 6.45) is 5.37. The normalized spacial score (nSPS) is 23.7. The molecule has 0 radical (unpaired) electrons. The van der Waals surface area contributed by atoms with Gasteiger partial charge in [0, 0.05) is 10.9 Å². The zero-order valence-corrected chi connectivity index (χ0v) is 11.7. The van der Waals surface area contributed by atoms with Crippen LogP contribution in [-0.4, -0.2) is 11.9 Å². The van der Waals surface area contributed by atoms with E-state index in [1.54, 1.807) is 0 Å². The predicted molar refractivity (Wildman–Crippen MR) is 77.0 cm³/mol. The van der Waals surface area contributed by atoms with Crippen molar-refractivity contribution in [2.75, 3.05) is 0 Å². The molecule has 2 atom stereocenters. The van der Waals surface area contributed by atoms with Crippen molar-refractivity contribution in [2.24, 2.45) is 5.92 Å². The SMILES string of the molecule is CC1CCCCC1NC(=O)Cc1ccc(S)cc1. The van der Waals surface area contributed by atoms with Crippen LogP contribution in [0.25, 0.3) is 0 Å². The van der Waals surface area contributed by atoms with Crippen molar-refractivity contribution >= 4 is 18.5 Å². The third-order valence-electron chi connectivity index (χ3n) is 3.76. The molecule has 1 aromatic rings. The van der Waals surface area contributed by atoms with Crippen molar-refractivity contribution in [3.8, 4) is 0 Å². The summed E-state index contributed by atoms with van der Waals surface area (Å²) < 4.78 is 0. The van der Waals surface area contributed by atoms with E-state index in [0.717, 1.165) is 16.9 Å². The summed E-state index contributed by atoms with van der Waals surface area (Å²) in [5.41, 5.74) is 1.05. The summed E-state index contributed by atoms with van der Waals surface area (Å²) in [6.45, 7) is 2.24. The molecule has 1 amide bonds. The summed E-state index contributed by atoms with van der Waals surface area (Å²) >= 11 is 4.24. The second-order valence-corrected chi connectivity index (χ2v) is 5.80. The number of thiol groups is 1. The van der Waals surface area contributed by atoms with Crippen LogP contribution in [0, 0.1) is 5.92 Å². The lowest BCUT2D eigenvalue weighted by molar-refractivity contribution is -0.121. The number of hydrogen-bond acceptors (Lipinski definition) is 2. The molecule has 2 nitrogen and oxygen atoms in total. The molecule has 0 heterocycles. The third-order valence-corrected chi connectivity index (χ3v) is 4.06. The highest BCUT2D eigenvalue weighted by molar-refractivity contribution is 7.80. The van der Waals surface area contributed by atoms with Gasteiger partial charge in [-0.3, -0.25) is 4.79 Å². The molecule has 0 bridgehead atoms. The van der Waals surface area contributed by atoms with Gasteiger partial charge >= 0.3 is 0 Å². The van der Waals surface area contributed by atoms with Crippen LogP contribution in [0.2, 0.25) is 0 Å². The van der Waals surface area contributed by atoms with Crippen LogP contribution in [0.15, 0.2) is 29.2 Å². The molecule has 0 aromatic heterocycles. The third kappa shape index (κ3) is 3.77. The molecule has 1 saturated carbocycles. The van der Waals surface area contributed by atoms with Gasteiger partial charge in [0.15, 0.2) is 0 Å². The van der Waals surface area contributed by atoms with E-state index in [4.69, 9.17) is 0 Å². The first-order valence-corrected chi connectivity index (χ1v) is 7.17. The maximum Gasteiger partial charge on any atom is 0.224 e. The molecule has 2 unspecified atom stereocenters. The Labute approximate surface area is 115 Å². The van der Waals surface area contributed by atoms with E-state index in [1.807, 2.05) is 24.3 Å². The first-order valence-electron chi connectivity index (χ1n) is 6.72. The van der Waals surface area contributed by atoms with Crippen LogP contribution >= 0.6 is 12.6 Å². The van der Waals surface area contributed by atoms with Crippen molar-refractivity contribution in [3.05, 3.63) is 29.8 Å². The maximum absolute atomic E-state index is 12.0. The zero-order valence-electron chi connectivity index (χ0n) is 10.9. The average Bonchev–Trinajstić information content (AvgIpc) is 2.35. The monoisotopic (exact) mass is 263 g/mol. The van der Waals surface area contributed by atoms with Crippen LogP contribution in [0.3, 0.4) is 0 Å². The minimum absolute atomic E-state index is 0.140. The Hall–Kier alpha value is -0.960. The van der Waals surface area contributed by atoms with Crippen molar-refractivity contribution < 1.29 is 4.79 Å². The molecular weight excluding hydrogens is 242 g/mol. The van der Waals surface area contributed by atoms with Crippen molar-refractivity contribution in [3.63, 3.8) is 0 Å². The maximum atomic E-state index is 12.0. The van der Waals surface area contributed by atoms with E-state index in [2.05, 4.69) is 24.9 Å². The van der Waals surface area contributed by atoms with Crippen LogP contribution in [0.1, 0.15) is 38.2 Å². The van der Waals surface area contributed by atoms with Crippen LogP contribution < -0.4 is 5.32 Å². The van der Waals surface area contributed by atoms with E-state index in [-0.39, 0.29) is 5.91 Å². The van der Waals surface area contributed by atoms with Crippen molar-refractivity contribution in [1.82, 2.24) is 5.32 Å². The minimum Gasteiger partial charge on any atom is -0.353 e. The molecule has 3 heteroatoms. The van der Waals surface area contributed by atoms with Gasteiger partial charge in [-0.25, -0.2) is 0 Å². The Bertz CT molecular complexity index is 401. The molecular formula is C15H21NOS. The van der Waals surface area contributed by atoms with E-state index in [0.29, 0.717) is 18.4 Å². The number of carbonyl (C=O) groups excluding carboxylic acids is 1. The van der Waals surface area contributed by atoms with Gasteiger partial charge in [-0.1, -0.05) is 31.9 Å². The fourth-order valence-corrected chi connectivity index (χ4v) is 2.74. The van der Waals surface area contributed by atoms with Gasteiger partial charge in [-0.15, -0.1) is 12.6 Å². The van der Waals surface area contributed by atoms with Gasteiger partial charge in [0.05, 0.1) is 6.42 Å². The molecule has 1 aliphatic carbocycles. The van der Waals surface area contributed by atoms with Crippen molar-refractivity contribution in [1.29, 1.82) is 0 Å². The van der Waals surface area contributed by atoms with Gasteiger partial charge < -0.3 is 5.32 Å². The Morgan fingerprint density at radius 1 is 1.28 bits per heavy atom. The standard InChI is InChI=1S/C15H21NOS/c1-11-4-2-3-5-14(11)16-15(17)10-12-6-8-13(18)9-7-12/h6-9,11,14,18H,2-5,10H2,1H3,(H,16,17). The summed E-state index contributed by atoms with van der Waals surface area (Å²) in [7, 11) is 0. The first kappa shape index (κ1) is 13.5. The molecule has 0 saturated heterocycles. The molecule has 98 valence electrons.